The first-order chi connectivity index (χ1) is 11.1. The zero-order chi connectivity index (χ0) is 16.7. The molecule has 2 aromatic carbocycles. The number of hydrogen-bond donors (Lipinski definition) is 2. The largest absolute Gasteiger partial charge is 0.495 e. The Morgan fingerprint density at radius 2 is 1.87 bits per heavy atom. The Hall–Kier alpha value is -2.82. The van der Waals surface area contributed by atoms with E-state index in [9.17, 15) is 4.79 Å². The molecule has 0 spiro atoms. The van der Waals surface area contributed by atoms with E-state index in [1.165, 1.54) is 5.56 Å². The van der Waals surface area contributed by atoms with E-state index in [-0.39, 0.29) is 5.91 Å². The van der Waals surface area contributed by atoms with Crippen molar-refractivity contribution >= 4 is 17.8 Å². The fourth-order valence-electron chi connectivity index (χ4n) is 1.98. The molecule has 2 N–H and O–H groups in total. The predicted molar refractivity (Wildman–Crippen MR) is 93.0 cm³/mol. The number of rotatable bonds is 6. The molecular formula is C18H21N3O2. The number of nitrogens with one attached hydrogen (secondary N) is 2. The number of hydrazone groups is 1. The summed E-state index contributed by atoms with van der Waals surface area (Å²) in [5.74, 6) is 0.467. The third-order valence-corrected chi connectivity index (χ3v) is 3.34. The minimum absolute atomic E-state index is 0.223. The van der Waals surface area contributed by atoms with Gasteiger partial charge in [-0.1, -0.05) is 42.0 Å². The van der Waals surface area contributed by atoms with Crippen LogP contribution < -0.4 is 15.5 Å². The molecule has 0 aliphatic heterocycles. The molecule has 2 aromatic rings. The maximum absolute atomic E-state index is 12.1. The minimum atomic E-state index is -0.443. The van der Waals surface area contributed by atoms with Crippen LogP contribution in [0.5, 0.6) is 5.75 Å². The second-order valence-electron chi connectivity index (χ2n) is 5.21. The molecule has 0 aliphatic carbocycles. The highest BCUT2D eigenvalue weighted by molar-refractivity contribution is 5.86. The first-order valence-corrected chi connectivity index (χ1v) is 7.39. The lowest BCUT2D eigenvalue weighted by Gasteiger charge is -2.15. The summed E-state index contributed by atoms with van der Waals surface area (Å²) in [6.45, 7) is 3.79. The number of nitrogens with zero attached hydrogens (tertiary/aromatic N) is 1. The van der Waals surface area contributed by atoms with Crippen LogP contribution in [0.4, 0.5) is 5.69 Å². The standard InChI is InChI=1S/C18H21N3O2/c1-13-8-10-15(11-9-13)12-19-21-18(22)14(2)20-16-6-4-5-7-17(16)23-3/h4-12,14,20H,1-3H3,(H,21,22)/b19-12-/t14-/m0/s1. The number of methoxy groups -OCH3 is 1. The lowest BCUT2D eigenvalue weighted by Crippen LogP contribution is -2.35. The number of aryl methyl sites for hydroxylation is 1. The second kappa shape index (κ2) is 7.98. The Balaban J connectivity index is 1.91. The van der Waals surface area contributed by atoms with Crippen LogP contribution in [-0.2, 0) is 4.79 Å². The third-order valence-electron chi connectivity index (χ3n) is 3.34. The van der Waals surface area contributed by atoms with E-state index in [4.69, 9.17) is 4.74 Å². The fourth-order valence-corrected chi connectivity index (χ4v) is 1.98. The summed E-state index contributed by atoms with van der Waals surface area (Å²) in [6, 6.07) is 14.9. The topological polar surface area (TPSA) is 62.7 Å². The number of amides is 1. The number of carbonyl (C=O) groups excluding carboxylic acids is 1. The lowest BCUT2D eigenvalue weighted by molar-refractivity contribution is -0.121. The molecule has 2 rings (SSSR count). The molecule has 5 heteroatoms. The molecule has 23 heavy (non-hydrogen) atoms. The van der Waals surface area contributed by atoms with Gasteiger partial charge in [-0.15, -0.1) is 0 Å². The first-order valence-electron chi connectivity index (χ1n) is 7.39. The Bertz CT molecular complexity index is 681. The molecule has 0 bridgehead atoms. The molecule has 0 unspecified atom stereocenters. The van der Waals surface area contributed by atoms with E-state index in [0.717, 1.165) is 11.3 Å². The lowest BCUT2D eigenvalue weighted by atomic mass is 10.2. The summed E-state index contributed by atoms with van der Waals surface area (Å²) in [4.78, 5) is 12.1. The highest BCUT2D eigenvalue weighted by atomic mass is 16.5. The Kier molecular flexibility index (Phi) is 5.74. The molecule has 0 saturated heterocycles. The van der Waals surface area contributed by atoms with Gasteiger partial charge in [-0.25, -0.2) is 5.43 Å². The van der Waals surface area contributed by atoms with Gasteiger partial charge in [0.2, 0.25) is 0 Å². The zero-order valence-corrected chi connectivity index (χ0v) is 13.5. The summed E-state index contributed by atoms with van der Waals surface area (Å²) in [7, 11) is 1.59. The van der Waals surface area contributed by atoms with Crippen molar-refractivity contribution in [2.75, 3.05) is 12.4 Å². The van der Waals surface area contributed by atoms with Gasteiger partial charge in [-0.3, -0.25) is 4.79 Å². The van der Waals surface area contributed by atoms with Crippen molar-refractivity contribution in [1.82, 2.24) is 5.43 Å². The van der Waals surface area contributed by atoms with E-state index >= 15 is 0 Å². The molecule has 1 atom stereocenters. The van der Waals surface area contributed by atoms with Crippen LogP contribution in [0, 0.1) is 6.92 Å². The summed E-state index contributed by atoms with van der Waals surface area (Å²) >= 11 is 0. The van der Waals surface area contributed by atoms with Gasteiger partial charge in [0.15, 0.2) is 0 Å². The molecular weight excluding hydrogens is 290 g/mol. The summed E-state index contributed by atoms with van der Waals surface area (Å²) in [5.41, 5.74) is 5.41. The van der Waals surface area contributed by atoms with E-state index in [0.29, 0.717) is 5.75 Å². The maximum Gasteiger partial charge on any atom is 0.262 e. The molecule has 0 radical (unpaired) electrons. The van der Waals surface area contributed by atoms with Crippen LogP contribution in [-0.4, -0.2) is 25.3 Å². The van der Waals surface area contributed by atoms with Crippen molar-refractivity contribution in [1.29, 1.82) is 0 Å². The normalized spacial score (nSPS) is 12.0. The number of anilines is 1. The molecule has 0 saturated carbocycles. The first kappa shape index (κ1) is 16.5. The zero-order valence-electron chi connectivity index (χ0n) is 13.5. The van der Waals surface area contributed by atoms with Gasteiger partial charge >= 0.3 is 0 Å². The van der Waals surface area contributed by atoms with E-state index in [1.54, 1.807) is 20.2 Å². The van der Waals surface area contributed by atoms with Crippen molar-refractivity contribution < 1.29 is 9.53 Å². The molecule has 0 aliphatic rings. The summed E-state index contributed by atoms with van der Waals surface area (Å²) in [5, 5.41) is 7.09. The average Bonchev–Trinajstić information content (AvgIpc) is 2.57. The van der Waals surface area contributed by atoms with Crippen LogP contribution >= 0.6 is 0 Å². The number of para-hydroxylation sites is 2. The number of ether oxygens (including phenoxy) is 1. The van der Waals surface area contributed by atoms with E-state index in [1.807, 2.05) is 55.5 Å². The van der Waals surface area contributed by atoms with Crippen LogP contribution in [0.2, 0.25) is 0 Å². The SMILES string of the molecule is COc1ccccc1N[C@@H](C)C(=O)N/N=C\c1ccc(C)cc1. The molecule has 0 heterocycles. The van der Waals surface area contributed by atoms with Crippen molar-refractivity contribution in [3.63, 3.8) is 0 Å². The van der Waals surface area contributed by atoms with E-state index < -0.39 is 6.04 Å². The van der Waals surface area contributed by atoms with Gasteiger partial charge < -0.3 is 10.1 Å². The van der Waals surface area contributed by atoms with Crippen molar-refractivity contribution in [2.45, 2.75) is 19.9 Å². The van der Waals surface area contributed by atoms with Gasteiger partial charge in [0.1, 0.15) is 11.8 Å². The number of benzene rings is 2. The van der Waals surface area contributed by atoms with Crippen molar-refractivity contribution in [3.8, 4) is 5.75 Å². The van der Waals surface area contributed by atoms with Gasteiger partial charge in [0, 0.05) is 0 Å². The van der Waals surface area contributed by atoms with Crippen LogP contribution in [0.15, 0.2) is 53.6 Å². The maximum atomic E-state index is 12.1. The Labute approximate surface area is 136 Å². The summed E-state index contributed by atoms with van der Waals surface area (Å²) < 4.78 is 5.25. The highest BCUT2D eigenvalue weighted by Crippen LogP contribution is 2.23. The Morgan fingerprint density at radius 3 is 2.57 bits per heavy atom. The fraction of sp³-hybridized carbons (Fsp3) is 0.222. The van der Waals surface area contributed by atoms with Gasteiger partial charge in [0.25, 0.3) is 5.91 Å². The van der Waals surface area contributed by atoms with Crippen LogP contribution in [0.3, 0.4) is 0 Å². The van der Waals surface area contributed by atoms with Crippen LogP contribution in [0.1, 0.15) is 18.1 Å². The number of carbonyl (C=O) groups is 1. The van der Waals surface area contributed by atoms with Gasteiger partial charge in [-0.2, -0.15) is 5.10 Å². The van der Waals surface area contributed by atoms with Crippen LogP contribution in [0.25, 0.3) is 0 Å². The smallest absolute Gasteiger partial charge is 0.262 e. The number of hydrogen-bond acceptors (Lipinski definition) is 4. The highest BCUT2D eigenvalue weighted by Gasteiger charge is 2.13. The second-order valence-corrected chi connectivity index (χ2v) is 5.21. The molecule has 5 nitrogen and oxygen atoms in total. The summed E-state index contributed by atoms with van der Waals surface area (Å²) in [6.07, 6.45) is 1.62. The molecule has 0 fully saturated rings. The van der Waals surface area contributed by atoms with Gasteiger partial charge in [0.05, 0.1) is 19.0 Å². The van der Waals surface area contributed by atoms with Gasteiger partial charge in [-0.05, 0) is 31.5 Å². The monoisotopic (exact) mass is 311 g/mol. The third kappa shape index (κ3) is 4.85. The quantitative estimate of drug-likeness (QED) is 0.637. The minimum Gasteiger partial charge on any atom is -0.495 e. The molecule has 0 aromatic heterocycles. The van der Waals surface area contributed by atoms with E-state index in [2.05, 4.69) is 15.8 Å². The average molecular weight is 311 g/mol. The molecule has 120 valence electrons. The Morgan fingerprint density at radius 1 is 1.17 bits per heavy atom. The molecule has 1 amide bonds. The predicted octanol–water partition coefficient (Wildman–Crippen LogP) is 2.95. The van der Waals surface area contributed by atoms with Crippen molar-refractivity contribution in [2.24, 2.45) is 5.10 Å². The van der Waals surface area contributed by atoms with Crippen molar-refractivity contribution in [3.05, 3.63) is 59.7 Å².